The Hall–Kier alpha value is -2.74. The van der Waals surface area contributed by atoms with E-state index >= 15 is 0 Å². The highest BCUT2D eigenvalue weighted by Crippen LogP contribution is 2.41. The molecule has 3 unspecified atom stereocenters. The maximum Gasteiger partial charge on any atom is 0.436 e. The van der Waals surface area contributed by atoms with Gasteiger partial charge in [0.05, 0.1) is 13.2 Å². The van der Waals surface area contributed by atoms with Crippen LogP contribution in [-0.4, -0.2) is 46.9 Å². The average molecular weight is 414 g/mol. The molecule has 7 nitrogen and oxygen atoms in total. The third-order valence-electron chi connectivity index (χ3n) is 6.52. The van der Waals surface area contributed by atoms with Crippen molar-refractivity contribution in [2.45, 2.75) is 51.2 Å². The second-order valence-electron chi connectivity index (χ2n) is 8.39. The van der Waals surface area contributed by atoms with Crippen molar-refractivity contribution in [3.63, 3.8) is 0 Å². The van der Waals surface area contributed by atoms with Gasteiger partial charge in [0, 0.05) is 36.1 Å². The Labute approximate surface area is 174 Å². The van der Waals surface area contributed by atoms with Gasteiger partial charge >= 0.3 is 17.9 Å². The van der Waals surface area contributed by atoms with Crippen LogP contribution in [-0.2, 0) is 22.9 Å². The Morgan fingerprint density at radius 2 is 2.23 bits per heavy atom. The van der Waals surface area contributed by atoms with Crippen LogP contribution in [0.25, 0.3) is 0 Å². The number of aromatic nitrogens is 1. The fraction of sp³-hybridized carbons (Fsp3) is 0.500. The third-order valence-corrected chi connectivity index (χ3v) is 6.52. The lowest BCUT2D eigenvalue weighted by molar-refractivity contribution is -0.658. The first-order valence-electron chi connectivity index (χ1n) is 10.4. The monoisotopic (exact) mass is 414 g/mol. The van der Waals surface area contributed by atoms with Crippen LogP contribution >= 0.6 is 0 Å². The Kier molecular flexibility index (Phi) is 4.61. The third kappa shape index (κ3) is 3.19. The quantitative estimate of drug-likeness (QED) is 0.578. The van der Waals surface area contributed by atoms with Crippen molar-refractivity contribution in [2.75, 3.05) is 12.3 Å². The van der Waals surface area contributed by atoms with Crippen molar-refractivity contribution in [3.05, 3.63) is 46.6 Å². The fourth-order valence-electron chi connectivity index (χ4n) is 4.60. The summed E-state index contributed by atoms with van der Waals surface area (Å²) in [7, 11) is 1.70. The zero-order valence-corrected chi connectivity index (χ0v) is 17.2. The van der Waals surface area contributed by atoms with Crippen LogP contribution in [0.1, 0.15) is 31.7 Å². The van der Waals surface area contributed by atoms with Crippen LogP contribution in [0, 0.1) is 11.7 Å². The van der Waals surface area contributed by atoms with E-state index in [0.717, 1.165) is 43.0 Å². The smallest absolute Gasteiger partial charge is 0.436 e. The molecule has 4 aliphatic rings. The first-order chi connectivity index (χ1) is 14.4. The Morgan fingerprint density at radius 1 is 1.40 bits per heavy atom. The molecule has 3 aliphatic heterocycles. The zero-order chi connectivity index (χ0) is 21.0. The van der Waals surface area contributed by atoms with Gasteiger partial charge in [-0.3, -0.25) is 5.73 Å². The minimum Gasteiger partial charge on any atom is -0.465 e. The number of aliphatic imine (C=N–C) groups is 1. The number of nitrogens with two attached hydrogens (primary N) is 1. The van der Waals surface area contributed by atoms with Gasteiger partial charge in [-0.05, 0) is 31.9 Å². The molecular weight excluding hydrogens is 387 g/mol. The molecule has 0 spiro atoms. The standard InChI is InChI=1S/C22H26FN4O3/c1-12-15-5-4-14(29-21-20-25-7-3-8-27(20)21)11-17(15)30-22(28)16(12)10-13-6-9-26(2)19(24)18(13)23/h6-7,9,11,14-15,20,22,24,28H,3-5,8,10H2,1-2H3/q+1/p+1/t14?,15?,20-,22?/m1/s1. The van der Waals surface area contributed by atoms with E-state index in [4.69, 9.17) is 15.2 Å². The number of nitrogens with zero attached hydrogens (tertiary/aromatic N) is 3. The van der Waals surface area contributed by atoms with Crippen LogP contribution in [0.2, 0.25) is 0 Å². The number of aliphatic hydroxyl groups excluding tert-OH is 1. The molecule has 0 bridgehead atoms. The second kappa shape index (κ2) is 7.19. The first kappa shape index (κ1) is 19.2. The van der Waals surface area contributed by atoms with Crippen molar-refractivity contribution in [3.8, 4) is 0 Å². The number of fused-ring (bicyclic) bond motifs is 2. The summed E-state index contributed by atoms with van der Waals surface area (Å²) < 4.78 is 30.3. The van der Waals surface area contributed by atoms with Gasteiger partial charge in [-0.2, -0.15) is 8.97 Å². The summed E-state index contributed by atoms with van der Waals surface area (Å²) in [6, 6.07) is 1.69. The SMILES string of the molecule is CC1=C(Cc2cc[n+](C)c(N)c2F)C(O)OC2=CC(OC3=[N+]4CCC=N[C@@H]34)CCC21. The summed E-state index contributed by atoms with van der Waals surface area (Å²) in [5, 5.41) is 10.7. The van der Waals surface area contributed by atoms with Crippen molar-refractivity contribution in [2.24, 2.45) is 18.0 Å². The molecule has 3 N–H and O–H groups in total. The Morgan fingerprint density at radius 3 is 3.00 bits per heavy atom. The van der Waals surface area contributed by atoms with E-state index in [-0.39, 0.29) is 30.4 Å². The first-order valence-corrected chi connectivity index (χ1v) is 10.4. The fourth-order valence-corrected chi connectivity index (χ4v) is 4.60. The Balaban J connectivity index is 1.35. The lowest BCUT2D eigenvalue weighted by Crippen LogP contribution is -2.34. The molecule has 8 heteroatoms. The average Bonchev–Trinajstić information content (AvgIpc) is 3.43. The number of ether oxygens (including phenoxy) is 2. The van der Waals surface area contributed by atoms with Crippen LogP contribution in [0.5, 0.6) is 0 Å². The second-order valence-corrected chi connectivity index (χ2v) is 8.39. The summed E-state index contributed by atoms with van der Waals surface area (Å²) >= 11 is 0. The van der Waals surface area contributed by atoms with Gasteiger partial charge < -0.3 is 14.6 Å². The van der Waals surface area contributed by atoms with E-state index in [1.165, 1.54) is 4.57 Å². The van der Waals surface area contributed by atoms with Gasteiger partial charge in [-0.1, -0.05) is 5.57 Å². The molecule has 5 rings (SSSR count). The van der Waals surface area contributed by atoms with Gasteiger partial charge in [0.1, 0.15) is 11.9 Å². The van der Waals surface area contributed by atoms with E-state index in [1.54, 1.807) is 19.3 Å². The predicted octanol–water partition coefficient (Wildman–Crippen LogP) is 1.34. The number of aliphatic hydroxyl groups is 1. The van der Waals surface area contributed by atoms with Gasteiger partial charge in [0.15, 0.2) is 6.54 Å². The molecule has 30 heavy (non-hydrogen) atoms. The van der Waals surface area contributed by atoms with Crippen LogP contribution < -0.4 is 10.3 Å². The molecule has 0 radical (unpaired) electrons. The highest BCUT2D eigenvalue weighted by atomic mass is 19.1. The molecule has 4 heterocycles. The molecule has 0 aromatic carbocycles. The van der Waals surface area contributed by atoms with Crippen molar-refractivity contribution < 1.29 is 28.1 Å². The highest BCUT2D eigenvalue weighted by Gasteiger charge is 2.54. The molecule has 1 aromatic rings. The van der Waals surface area contributed by atoms with E-state index in [0.29, 0.717) is 11.1 Å². The molecule has 0 fully saturated rings. The summed E-state index contributed by atoms with van der Waals surface area (Å²) in [4.78, 5) is 4.42. The van der Waals surface area contributed by atoms with Crippen molar-refractivity contribution in [1.29, 1.82) is 0 Å². The minimum atomic E-state index is -1.11. The van der Waals surface area contributed by atoms with Gasteiger partial charge in [0.2, 0.25) is 12.1 Å². The van der Waals surface area contributed by atoms with E-state index in [2.05, 4.69) is 9.57 Å². The lowest BCUT2D eigenvalue weighted by Gasteiger charge is -2.36. The van der Waals surface area contributed by atoms with E-state index in [1.807, 2.05) is 19.2 Å². The maximum atomic E-state index is 14.6. The minimum absolute atomic E-state index is 0.0771. The highest BCUT2D eigenvalue weighted by molar-refractivity contribution is 5.86. The predicted molar refractivity (Wildman–Crippen MR) is 108 cm³/mol. The number of allylic oxidation sites excluding steroid dienone is 1. The van der Waals surface area contributed by atoms with E-state index < -0.39 is 12.1 Å². The normalized spacial score (nSPS) is 29.8. The summed E-state index contributed by atoms with van der Waals surface area (Å²) in [6.45, 7) is 2.95. The topological polar surface area (TPSA) is 84.0 Å². The number of anilines is 1. The molecule has 1 aromatic heterocycles. The molecule has 4 atom stereocenters. The molecule has 158 valence electrons. The summed E-state index contributed by atoms with van der Waals surface area (Å²) in [5.41, 5.74) is 7.99. The van der Waals surface area contributed by atoms with Crippen LogP contribution in [0.3, 0.4) is 0 Å². The maximum absolute atomic E-state index is 14.6. The number of rotatable bonds is 3. The van der Waals surface area contributed by atoms with Gasteiger partial charge in [-0.15, -0.1) is 0 Å². The molecule has 0 saturated carbocycles. The number of halogens is 1. The van der Waals surface area contributed by atoms with Crippen molar-refractivity contribution in [1.82, 2.24) is 0 Å². The molecular formula is C22H27FN4O3+2. The van der Waals surface area contributed by atoms with Crippen molar-refractivity contribution >= 4 is 17.9 Å². The molecule has 1 aliphatic carbocycles. The number of hydrogen-bond donors (Lipinski definition) is 2. The summed E-state index contributed by atoms with van der Waals surface area (Å²) in [5.74, 6) is 1.37. The molecule has 0 amide bonds. The van der Waals surface area contributed by atoms with Crippen LogP contribution in [0.4, 0.5) is 10.2 Å². The number of pyridine rings is 1. The number of hydrogen-bond acceptors (Lipinski definition) is 5. The largest absolute Gasteiger partial charge is 0.465 e. The van der Waals surface area contributed by atoms with E-state index in [9.17, 15) is 9.50 Å². The summed E-state index contributed by atoms with van der Waals surface area (Å²) in [6.07, 6.45) is 7.46. The van der Waals surface area contributed by atoms with Gasteiger partial charge in [-0.25, -0.2) is 9.56 Å². The Bertz CT molecular complexity index is 1030. The molecule has 0 saturated heterocycles. The lowest BCUT2D eigenvalue weighted by atomic mass is 9.81. The number of aryl methyl sites for hydroxylation is 1. The zero-order valence-electron chi connectivity index (χ0n) is 17.2. The number of nitrogen functional groups attached to an aromatic ring is 1. The van der Waals surface area contributed by atoms with Crippen LogP contribution in [0.15, 0.2) is 40.2 Å². The van der Waals surface area contributed by atoms with Gasteiger partial charge in [0.25, 0.3) is 0 Å².